The van der Waals surface area contributed by atoms with Gasteiger partial charge in [-0.05, 0) is 41.5 Å². The Bertz CT molecular complexity index is 1890. The average molecular weight is 611 g/mol. The van der Waals surface area contributed by atoms with Crippen molar-refractivity contribution < 1.29 is 36.0 Å². The molecule has 2 heterocycles. The summed E-state index contributed by atoms with van der Waals surface area (Å²) < 4.78 is 70.6. The van der Waals surface area contributed by atoms with Crippen molar-refractivity contribution in [2.45, 2.75) is 17.2 Å². The number of nitrogens with zero attached hydrogens (tertiary/aromatic N) is 4. The van der Waals surface area contributed by atoms with Gasteiger partial charge in [0.05, 0.1) is 22.3 Å². The van der Waals surface area contributed by atoms with E-state index in [0.717, 1.165) is 10.9 Å². The number of amides is 1. The molecule has 5 rings (SSSR count). The van der Waals surface area contributed by atoms with E-state index in [9.17, 15) is 31.5 Å². The first-order valence-corrected chi connectivity index (χ1v) is 13.9. The fourth-order valence-electron chi connectivity index (χ4n) is 4.03. The number of aliphatic hydroxyl groups excluding tert-OH is 1. The molecule has 220 valence electrons. The smallest absolute Gasteiger partial charge is 0.378 e. The number of para-hydroxylation sites is 1. The molecule has 3 aromatic carbocycles. The Morgan fingerprint density at radius 1 is 1.02 bits per heavy atom. The van der Waals surface area contributed by atoms with Crippen LogP contribution in [0.25, 0.3) is 34.6 Å². The summed E-state index contributed by atoms with van der Waals surface area (Å²) in [6.45, 7) is 0. The third-order valence-corrected chi connectivity index (χ3v) is 7.07. The molecule has 0 aliphatic carbocycles. The van der Waals surface area contributed by atoms with Gasteiger partial charge in [-0.15, -0.1) is 0 Å². The molecule has 1 unspecified atom stereocenters. The fraction of sp³-hybridized carbons (Fsp3) is 0.0714. The van der Waals surface area contributed by atoms with Crippen molar-refractivity contribution in [3.63, 3.8) is 0 Å². The van der Waals surface area contributed by atoms with Crippen molar-refractivity contribution in [2.24, 2.45) is 5.14 Å². The summed E-state index contributed by atoms with van der Waals surface area (Å²) in [6, 6.07) is 19.2. The van der Waals surface area contributed by atoms with Crippen LogP contribution in [0.3, 0.4) is 0 Å². The highest BCUT2D eigenvalue weighted by Crippen LogP contribution is 2.38. The van der Waals surface area contributed by atoms with Crippen molar-refractivity contribution in [1.29, 1.82) is 0 Å². The van der Waals surface area contributed by atoms with Gasteiger partial charge in [0.1, 0.15) is 0 Å². The van der Waals surface area contributed by atoms with E-state index in [1.807, 2.05) is 0 Å². The van der Waals surface area contributed by atoms with Crippen LogP contribution in [0.1, 0.15) is 22.9 Å². The summed E-state index contributed by atoms with van der Waals surface area (Å²) in [4.78, 5) is 16.5. The molecule has 11 nitrogen and oxygen atoms in total. The highest BCUT2D eigenvalue weighted by Gasteiger charge is 2.40. The van der Waals surface area contributed by atoms with Crippen molar-refractivity contribution >= 4 is 22.0 Å². The second kappa shape index (κ2) is 11.6. The molecule has 0 aliphatic heterocycles. The number of carbonyl (C=O) groups is 1. The number of sulfonamides is 1. The van der Waals surface area contributed by atoms with E-state index in [-0.39, 0.29) is 27.9 Å². The lowest BCUT2D eigenvalue weighted by Crippen LogP contribution is -2.24. The number of hydrogen-bond donors (Lipinski definition) is 3. The summed E-state index contributed by atoms with van der Waals surface area (Å²) in [5.74, 6) is -1.15. The molecule has 5 aromatic rings. The number of carbonyl (C=O) groups excluding carboxylic acids is 1. The molecule has 15 heteroatoms. The minimum absolute atomic E-state index is 0.0162. The monoisotopic (exact) mass is 610 g/mol. The first kappa shape index (κ1) is 29.4. The number of rotatable bonds is 8. The minimum atomic E-state index is -4.78. The van der Waals surface area contributed by atoms with Crippen molar-refractivity contribution in [2.75, 3.05) is 0 Å². The Morgan fingerprint density at radius 3 is 2.33 bits per heavy atom. The zero-order valence-corrected chi connectivity index (χ0v) is 22.6. The number of benzene rings is 3. The predicted octanol–water partition coefficient (Wildman–Crippen LogP) is 4.08. The predicted molar refractivity (Wildman–Crippen MR) is 147 cm³/mol. The lowest BCUT2D eigenvalue weighted by Gasteiger charge is -2.11. The zero-order valence-electron chi connectivity index (χ0n) is 21.8. The molecule has 0 spiro atoms. The van der Waals surface area contributed by atoms with Gasteiger partial charge in [-0.2, -0.15) is 23.3 Å². The standard InChI is InChI=1S/C28H21F3N6O5S/c29-28(30,31)24-22(16-34-37(24)20-4-2-1-3-5-20)27-35-25(36-42-27)19-10-8-18(9-11-19)23(38)26(39)33-15-14-17-6-12-21(13-7-17)43(32,40)41/h1-16,23,38H,(H,33,39)(H2,32,40,41). The zero-order chi connectivity index (χ0) is 30.8. The average Bonchev–Trinajstić information content (AvgIpc) is 3.65. The topological polar surface area (TPSA) is 166 Å². The molecule has 1 atom stereocenters. The maximum Gasteiger partial charge on any atom is 0.434 e. The highest BCUT2D eigenvalue weighted by molar-refractivity contribution is 7.89. The lowest BCUT2D eigenvalue weighted by atomic mass is 10.1. The molecular formula is C28H21F3N6O5S. The minimum Gasteiger partial charge on any atom is -0.378 e. The second-order valence-electron chi connectivity index (χ2n) is 9.06. The first-order valence-electron chi connectivity index (χ1n) is 12.3. The number of aromatic nitrogens is 4. The van der Waals surface area contributed by atoms with Gasteiger partial charge in [-0.1, -0.05) is 59.8 Å². The maximum atomic E-state index is 14.0. The summed E-state index contributed by atoms with van der Waals surface area (Å²) in [7, 11) is -3.83. The number of nitrogens with two attached hydrogens (primary N) is 1. The Morgan fingerprint density at radius 2 is 1.70 bits per heavy atom. The van der Waals surface area contributed by atoms with Crippen LogP contribution in [0.4, 0.5) is 13.2 Å². The molecule has 0 radical (unpaired) electrons. The summed E-state index contributed by atoms with van der Waals surface area (Å²) >= 11 is 0. The van der Waals surface area contributed by atoms with Gasteiger partial charge in [-0.3, -0.25) is 4.79 Å². The van der Waals surface area contributed by atoms with Crippen molar-refractivity contribution in [3.8, 4) is 28.5 Å². The quantitative estimate of drug-likeness (QED) is 0.236. The molecule has 0 bridgehead atoms. The van der Waals surface area contributed by atoms with E-state index >= 15 is 0 Å². The van der Waals surface area contributed by atoms with E-state index < -0.39 is 39.5 Å². The molecule has 4 N–H and O–H groups in total. The lowest BCUT2D eigenvalue weighted by molar-refractivity contribution is -0.142. The normalized spacial score (nSPS) is 12.9. The van der Waals surface area contributed by atoms with Crippen LogP contribution in [-0.2, 0) is 21.0 Å². The summed E-state index contributed by atoms with van der Waals surface area (Å²) in [6.07, 6.45) is -2.56. The van der Waals surface area contributed by atoms with E-state index in [4.69, 9.17) is 9.66 Å². The molecule has 43 heavy (non-hydrogen) atoms. The third kappa shape index (κ3) is 6.53. The number of hydrogen-bond acceptors (Lipinski definition) is 8. The Labute approximate surface area is 242 Å². The Kier molecular flexibility index (Phi) is 7.95. The molecule has 0 aliphatic rings. The van der Waals surface area contributed by atoms with Crippen LogP contribution in [0.2, 0.25) is 0 Å². The van der Waals surface area contributed by atoms with Crippen LogP contribution in [-0.4, -0.2) is 39.4 Å². The van der Waals surface area contributed by atoms with Crippen molar-refractivity contribution in [1.82, 2.24) is 25.2 Å². The largest absolute Gasteiger partial charge is 0.434 e. The van der Waals surface area contributed by atoms with Gasteiger partial charge in [0, 0.05) is 11.8 Å². The van der Waals surface area contributed by atoms with E-state index in [1.165, 1.54) is 72.9 Å². The SMILES string of the molecule is NS(=O)(=O)c1ccc(C=CNC(=O)C(O)c2ccc(-c3noc(-c4cnn(-c5ccccc5)c4C(F)(F)F)n3)cc2)cc1. The summed E-state index contributed by atoms with van der Waals surface area (Å²) in [5, 5.41) is 25.6. The van der Waals surface area contributed by atoms with Crippen LogP contribution >= 0.6 is 0 Å². The highest BCUT2D eigenvalue weighted by atomic mass is 32.2. The van der Waals surface area contributed by atoms with Gasteiger partial charge in [-0.25, -0.2) is 18.2 Å². The van der Waals surface area contributed by atoms with Gasteiger partial charge in [0.2, 0.25) is 15.8 Å². The summed E-state index contributed by atoms with van der Waals surface area (Å²) in [5.41, 5.74) is -0.119. The number of primary sulfonamides is 1. The van der Waals surface area contributed by atoms with E-state index in [1.54, 1.807) is 18.2 Å². The number of aliphatic hydroxyl groups is 1. The first-order chi connectivity index (χ1) is 20.4. The molecule has 2 aromatic heterocycles. The third-order valence-electron chi connectivity index (χ3n) is 6.14. The number of halogens is 3. The van der Waals surface area contributed by atoms with Gasteiger partial charge in [0.15, 0.2) is 11.8 Å². The molecule has 0 fully saturated rings. The van der Waals surface area contributed by atoms with Crippen LogP contribution < -0.4 is 10.5 Å². The van der Waals surface area contributed by atoms with Gasteiger partial charge in [0.25, 0.3) is 11.8 Å². The van der Waals surface area contributed by atoms with Crippen LogP contribution in [0.15, 0.2) is 101 Å². The van der Waals surface area contributed by atoms with E-state index in [2.05, 4.69) is 20.6 Å². The van der Waals surface area contributed by atoms with Gasteiger partial charge < -0.3 is 14.9 Å². The molecule has 0 saturated heterocycles. The Balaban J connectivity index is 1.28. The molecule has 1 amide bonds. The second-order valence-corrected chi connectivity index (χ2v) is 10.6. The number of alkyl halides is 3. The van der Waals surface area contributed by atoms with Gasteiger partial charge >= 0.3 is 6.18 Å². The number of nitrogens with one attached hydrogen (secondary N) is 1. The molecular weight excluding hydrogens is 589 g/mol. The molecule has 0 saturated carbocycles. The fourth-order valence-corrected chi connectivity index (χ4v) is 4.54. The maximum absolute atomic E-state index is 14.0. The van der Waals surface area contributed by atoms with Crippen molar-refractivity contribution in [3.05, 3.63) is 108 Å². The van der Waals surface area contributed by atoms with Crippen LogP contribution in [0, 0.1) is 0 Å². The Hall–Kier alpha value is -5.12. The van der Waals surface area contributed by atoms with E-state index in [0.29, 0.717) is 11.1 Å². The van der Waals surface area contributed by atoms with Crippen LogP contribution in [0.5, 0.6) is 0 Å².